The van der Waals surface area contributed by atoms with Gasteiger partial charge in [-0.1, -0.05) is 94.9 Å². The van der Waals surface area contributed by atoms with Crippen LogP contribution in [0, 0.1) is 11.8 Å². The van der Waals surface area contributed by atoms with Gasteiger partial charge >= 0.3 is 0 Å². The van der Waals surface area contributed by atoms with Gasteiger partial charge in [0.15, 0.2) is 0 Å². The topological polar surface area (TPSA) is 23.6 Å². The monoisotopic (exact) mass is 592 g/mol. The SMILES string of the molecule is O=C1C2[C@@H](c3ccc(Cl)cc3)N3CN([C@H](c4ccc(Cl)cc4)C1[C@@H]3c1ccc(Cl)cc1)[C@H]2c1ccc(Cl)cc1. The van der Waals surface area contributed by atoms with Gasteiger partial charge in [-0.25, -0.2) is 0 Å². The third-order valence-electron chi connectivity index (χ3n) is 8.62. The first kappa shape index (κ1) is 25.6. The molecule has 0 aromatic heterocycles. The number of benzene rings is 4. The summed E-state index contributed by atoms with van der Waals surface area (Å²) < 4.78 is 0. The average molecular weight is 594 g/mol. The van der Waals surface area contributed by atoms with Crippen LogP contribution in [-0.2, 0) is 4.79 Å². The molecule has 0 radical (unpaired) electrons. The van der Waals surface area contributed by atoms with Crippen molar-refractivity contribution in [1.82, 2.24) is 9.80 Å². The summed E-state index contributed by atoms with van der Waals surface area (Å²) in [5.74, 6) is -0.224. The lowest BCUT2D eigenvalue weighted by molar-refractivity contribution is -0.208. The number of hydrogen-bond acceptors (Lipinski definition) is 3. The Hall–Kier alpha value is -2.37. The van der Waals surface area contributed by atoms with Crippen LogP contribution in [0.4, 0.5) is 0 Å². The Morgan fingerprint density at radius 3 is 0.897 bits per heavy atom. The highest BCUT2D eigenvalue weighted by Crippen LogP contribution is 2.64. The van der Waals surface area contributed by atoms with Crippen LogP contribution in [0.1, 0.15) is 46.4 Å². The summed E-state index contributed by atoms with van der Waals surface area (Å²) in [4.78, 5) is 19.8. The maximum absolute atomic E-state index is 14.8. The summed E-state index contributed by atoms with van der Waals surface area (Å²) in [6.07, 6.45) is 0. The second-order valence-electron chi connectivity index (χ2n) is 10.6. The van der Waals surface area contributed by atoms with Crippen LogP contribution in [0.5, 0.6) is 0 Å². The normalized spacial score (nSPS) is 31.0. The maximum atomic E-state index is 14.8. The molecule has 4 unspecified atom stereocenters. The van der Waals surface area contributed by atoms with E-state index in [2.05, 4.69) is 58.3 Å². The molecule has 7 heteroatoms. The number of carbonyl (C=O) groups excluding carboxylic acids is 1. The second-order valence-corrected chi connectivity index (χ2v) is 12.4. The molecule has 3 nitrogen and oxygen atoms in total. The highest BCUT2D eigenvalue weighted by atomic mass is 35.5. The quantitative estimate of drug-likeness (QED) is 0.236. The molecule has 39 heavy (non-hydrogen) atoms. The van der Waals surface area contributed by atoms with Crippen LogP contribution >= 0.6 is 46.4 Å². The van der Waals surface area contributed by atoms with Gasteiger partial charge in [-0.2, -0.15) is 0 Å². The molecule has 4 aromatic rings. The lowest BCUT2D eigenvalue weighted by atomic mass is 9.60. The van der Waals surface area contributed by atoms with Crippen LogP contribution in [0.15, 0.2) is 97.1 Å². The van der Waals surface area contributed by atoms with Gasteiger partial charge in [-0.05, 0) is 70.8 Å². The van der Waals surface area contributed by atoms with Gasteiger partial charge in [-0.3, -0.25) is 14.6 Å². The van der Waals surface area contributed by atoms with Gasteiger partial charge in [0.2, 0.25) is 0 Å². The number of ketones is 1. The molecule has 8 rings (SSSR count). The van der Waals surface area contributed by atoms with E-state index in [1.165, 1.54) is 0 Å². The number of halogens is 4. The summed E-state index contributed by atoms with van der Waals surface area (Å²) in [5, 5.41) is 2.72. The Bertz CT molecular complexity index is 1300. The fourth-order valence-corrected chi connectivity index (χ4v) is 7.64. The zero-order valence-electron chi connectivity index (χ0n) is 20.7. The van der Waals surface area contributed by atoms with Crippen LogP contribution in [-0.4, -0.2) is 22.3 Å². The van der Waals surface area contributed by atoms with E-state index in [0.29, 0.717) is 26.8 Å². The van der Waals surface area contributed by atoms with E-state index in [1.807, 2.05) is 48.5 Å². The summed E-state index contributed by atoms with van der Waals surface area (Å²) in [5.41, 5.74) is 4.38. The second kappa shape index (κ2) is 9.92. The summed E-state index contributed by atoms with van der Waals surface area (Å²) in [6, 6.07) is 31.4. The van der Waals surface area contributed by atoms with Crippen LogP contribution in [0.2, 0.25) is 20.1 Å². The fraction of sp³-hybridized carbons (Fsp3) is 0.219. The average Bonchev–Trinajstić information content (AvgIpc) is 2.94. The van der Waals surface area contributed by atoms with Crippen molar-refractivity contribution in [2.24, 2.45) is 11.8 Å². The van der Waals surface area contributed by atoms with Gasteiger partial charge in [0.25, 0.3) is 0 Å². The first-order valence-corrected chi connectivity index (χ1v) is 14.5. The number of piperidine rings is 2. The third-order valence-corrected chi connectivity index (χ3v) is 9.63. The molecule has 0 N–H and O–H groups in total. The minimum atomic E-state index is -0.252. The van der Waals surface area contributed by atoms with Crippen molar-refractivity contribution in [2.75, 3.05) is 6.67 Å². The van der Waals surface area contributed by atoms with Crippen molar-refractivity contribution in [3.05, 3.63) is 139 Å². The minimum absolute atomic E-state index is 0.102. The number of Topliss-reactive ketones (excluding diaryl/α,β-unsaturated/α-hetero) is 1. The molecule has 4 heterocycles. The van der Waals surface area contributed by atoms with E-state index in [0.717, 1.165) is 22.3 Å². The Balaban J connectivity index is 1.44. The van der Waals surface area contributed by atoms with Crippen molar-refractivity contribution in [2.45, 2.75) is 24.2 Å². The molecule has 4 saturated heterocycles. The van der Waals surface area contributed by atoms with Crippen molar-refractivity contribution < 1.29 is 4.79 Å². The number of rotatable bonds is 4. The molecule has 8 atom stereocenters. The van der Waals surface area contributed by atoms with Crippen molar-refractivity contribution in [3.63, 3.8) is 0 Å². The Kier molecular flexibility index (Phi) is 6.51. The molecule has 4 fully saturated rings. The van der Waals surface area contributed by atoms with Gasteiger partial charge in [-0.15, -0.1) is 0 Å². The predicted octanol–water partition coefficient (Wildman–Crippen LogP) is 8.97. The molecular weight excluding hydrogens is 570 g/mol. The summed E-state index contributed by atoms with van der Waals surface area (Å²) in [6.45, 7) is 0.696. The fourth-order valence-electron chi connectivity index (χ4n) is 7.14. The van der Waals surface area contributed by atoms with Crippen molar-refractivity contribution >= 4 is 52.2 Å². The third kappa shape index (κ3) is 4.23. The zero-order valence-corrected chi connectivity index (χ0v) is 23.7. The van der Waals surface area contributed by atoms with Gasteiger partial charge in [0, 0.05) is 44.3 Å². The van der Waals surface area contributed by atoms with Crippen LogP contribution < -0.4 is 0 Å². The molecule has 196 valence electrons. The molecular formula is C32H24Cl4N2O. The van der Waals surface area contributed by atoms with Gasteiger partial charge < -0.3 is 0 Å². The highest BCUT2D eigenvalue weighted by Gasteiger charge is 2.65. The molecule has 0 saturated carbocycles. The Morgan fingerprint density at radius 2 is 0.667 bits per heavy atom. The molecule has 4 bridgehead atoms. The molecule has 4 aliphatic rings. The van der Waals surface area contributed by atoms with E-state index in [9.17, 15) is 4.79 Å². The predicted molar refractivity (Wildman–Crippen MR) is 157 cm³/mol. The van der Waals surface area contributed by atoms with Crippen LogP contribution in [0.25, 0.3) is 0 Å². The van der Waals surface area contributed by atoms with Crippen LogP contribution in [0.3, 0.4) is 0 Å². The van der Waals surface area contributed by atoms with Gasteiger partial charge in [0.05, 0.1) is 18.5 Å². The Labute approximate surface area is 247 Å². The number of nitrogens with zero attached hydrogens (tertiary/aromatic N) is 2. The Morgan fingerprint density at radius 1 is 0.436 bits per heavy atom. The minimum Gasteiger partial charge on any atom is -0.299 e. The largest absolute Gasteiger partial charge is 0.299 e. The van der Waals surface area contributed by atoms with E-state index < -0.39 is 0 Å². The van der Waals surface area contributed by atoms with E-state index in [-0.39, 0.29) is 41.8 Å². The highest BCUT2D eigenvalue weighted by molar-refractivity contribution is 6.31. The number of carbonyl (C=O) groups is 1. The van der Waals surface area contributed by atoms with Crippen molar-refractivity contribution in [3.8, 4) is 0 Å². The molecule has 4 aliphatic heterocycles. The maximum Gasteiger partial charge on any atom is 0.146 e. The first-order chi connectivity index (χ1) is 18.9. The van der Waals surface area contributed by atoms with Crippen molar-refractivity contribution in [1.29, 1.82) is 0 Å². The van der Waals surface area contributed by atoms with Gasteiger partial charge in [0.1, 0.15) is 5.78 Å². The lowest BCUT2D eigenvalue weighted by Gasteiger charge is -2.67. The number of hydrogen-bond donors (Lipinski definition) is 0. The molecule has 0 aliphatic carbocycles. The lowest BCUT2D eigenvalue weighted by Crippen LogP contribution is -2.69. The van der Waals surface area contributed by atoms with E-state index >= 15 is 0 Å². The smallest absolute Gasteiger partial charge is 0.146 e. The molecule has 0 amide bonds. The summed E-state index contributed by atoms with van der Waals surface area (Å²) >= 11 is 25.1. The van der Waals surface area contributed by atoms with E-state index in [4.69, 9.17) is 46.4 Å². The van der Waals surface area contributed by atoms with E-state index in [1.54, 1.807) is 0 Å². The molecule has 4 aromatic carbocycles. The standard InChI is InChI=1S/C32H24Cl4N2O/c33-22-9-1-18(2-10-22)28-26-29(19-3-11-23(34)12-4-19)38-17-37(28)30(20-5-13-24(35)14-6-20)27(32(26)39)31(38)21-7-15-25(36)16-8-21/h1-16,26-31H,17H2/t26?,27?,28-,29+,30+,31-. The first-order valence-electron chi connectivity index (χ1n) is 13.0. The zero-order chi connectivity index (χ0) is 26.8. The summed E-state index contributed by atoms with van der Waals surface area (Å²) in [7, 11) is 0. The molecule has 0 spiro atoms.